The van der Waals surface area contributed by atoms with Crippen LogP contribution in [0.4, 0.5) is 0 Å². The summed E-state index contributed by atoms with van der Waals surface area (Å²) in [6.07, 6.45) is 3.84. The van der Waals surface area contributed by atoms with Crippen LogP contribution in [0.25, 0.3) is 0 Å². The Kier molecular flexibility index (Phi) is 5.73. The van der Waals surface area contributed by atoms with Crippen LogP contribution in [0.15, 0.2) is 0 Å². The van der Waals surface area contributed by atoms with Crippen LogP contribution in [0.2, 0.25) is 0 Å². The van der Waals surface area contributed by atoms with Gasteiger partial charge in [0, 0.05) is 31.7 Å². The molecule has 1 saturated heterocycles. The van der Waals surface area contributed by atoms with Gasteiger partial charge in [-0.2, -0.15) is 0 Å². The first-order valence-corrected chi connectivity index (χ1v) is 6.70. The molecule has 1 fully saturated rings. The summed E-state index contributed by atoms with van der Waals surface area (Å²) in [5.41, 5.74) is 5.91. The first kappa shape index (κ1) is 13.9. The van der Waals surface area contributed by atoms with Crippen molar-refractivity contribution in [2.75, 3.05) is 33.7 Å². The van der Waals surface area contributed by atoms with Crippen LogP contribution in [0.3, 0.4) is 0 Å². The number of nitrogens with two attached hydrogens (primary N) is 1. The SMILES string of the molecule is CCCCC(CN)N1CC(C)C(N(C)C)C1. The molecule has 0 saturated carbocycles. The molecule has 16 heavy (non-hydrogen) atoms. The van der Waals surface area contributed by atoms with Crippen molar-refractivity contribution in [2.45, 2.75) is 45.2 Å². The maximum absolute atomic E-state index is 5.91. The Morgan fingerprint density at radius 2 is 2.06 bits per heavy atom. The molecule has 0 spiro atoms. The maximum Gasteiger partial charge on any atom is 0.0254 e. The fourth-order valence-electron chi connectivity index (χ4n) is 2.85. The molecular formula is C13H29N3. The summed E-state index contributed by atoms with van der Waals surface area (Å²) in [6.45, 7) is 7.84. The van der Waals surface area contributed by atoms with Crippen molar-refractivity contribution >= 4 is 0 Å². The molecule has 1 rings (SSSR count). The topological polar surface area (TPSA) is 32.5 Å². The Balaban J connectivity index is 2.48. The third-order valence-electron chi connectivity index (χ3n) is 3.94. The Morgan fingerprint density at radius 3 is 2.50 bits per heavy atom. The van der Waals surface area contributed by atoms with Gasteiger partial charge in [-0.05, 0) is 26.4 Å². The minimum Gasteiger partial charge on any atom is -0.329 e. The van der Waals surface area contributed by atoms with Crippen LogP contribution in [0.5, 0.6) is 0 Å². The summed E-state index contributed by atoms with van der Waals surface area (Å²) >= 11 is 0. The lowest BCUT2D eigenvalue weighted by Gasteiger charge is -2.27. The minimum atomic E-state index is 0.604. The molecule has 0 aromatic carbocycles. The van der Waals surface area contributed by atoms with Crippen LogP contribution in [-0.4, -0.2) is 55.6 Å². The van der Waals surface area contributed by atoms with Gasteiger partial charge < -0.3 is 10.6 Å². The predicted molar refractivity (Wildman–Crippen MR) is 70.6 cm³/mol. The number of likely N-dealkylation sites (N-methyl/N-ethyl adjacent to an activating group) is 1. The second-order valence-electron chi connectivity index (χ2n) is 5.49. The molecule has 3 atom stereocenters. The highest BCUT2D eigenvalue weighted by Crippen LogP contribution is 2.23. The lowest BCUT2D eigenvalue weighted by Crippen LogP contribution is -2.41. The number of likely N-dealkylation sites (tertiary alicyclic amines) is 1. The largest absolute Gasteiger partial charge is 0.329 e. The van der Waals surface area contributed by atoms with Gasteiger partial charge in [0.15, 0.2) is 0 Å². The Bertz CT molecular complexity index is 194. The fraction of sp³-hybridized carbons (Fsp3) is 1.00. The normalized spacial score (nSPS) is 28.9. The summed E-state index contributed by atoms with van der Waals surface area (Å²) < 4.78 is 0. The molecule has 0 aromatic heterocycles. The summed E-state index contributed by atoms with van der Waals surface area (Å²) in [4.78, 5) is 4.96. The first-order chi connectivity index (χ1) is 7.60. The molecule has 3 nitrogen and oxygen atoms in total. The zero-order valence-electron chi connectivity index (χ0n) is 11.4. The second kappa shape index (κ2) is 6.58. The van der Waals surface area contributed by atoms with E-state index in [0.717, 1.165) is 12.5 Å². The van der Waals surface area contributed by atoms with E-state index >= 15 is 0 Å². The van der Waals surface area contributed by atoms with E-state index in [1.54, 1.807) is 0 Å². The van der Waals surface area contributed by atoms with Gasteiger partial charge in [0.1, 0.15) is 0 Å². The average Bonchev–Trinajstić information content (AvgIpc) is 2.62. The molecular weight excluding hydrogens is 198 g/mol. The molecule has 1 aliphatic rings. The molecule has 1 aliphatic heterocycles. The van der Waals surface area contributed by atoms with Gasteiger partial charge in [-0.25, -0.2) is 0 Å². The van der Waals surface area contributed by atoms with Gasteiger partial charge in [-0.15, -0.1) is 0 Å². The number of hydrogen-bond donors (Lipinski definition) is 1. The molecule has 0 bridgehead atoms. The monoisotopic (exact) mass is 227 g/mol. The van der Waals surface area contributed by atoms with Crippen LogP contribution < -0.4 is 5.73 Å². The average molecular weight is 227 g/mol. The van der Waals surface area contributed by atoms with Gasteiger partial charge in [-0.3, -0.25) is 4.90 Å². The third-order valence-corrected chi connectivity index (χ3v) is 3.94. The van der Waals surface area contributed by atoms with Crippen molar-refractivity contribution in [1.82, 2.24) is 9.80 Å². The van der Waals surface area contributed by atoms with Gasteiger partial charge in [0.2, 0.25) is 0 Å². The Labute approximate surface area is 101 Å². The van der Waals surface area contributed by atoms with Crippen LogP contribution in [-0.2, 0) is 0 Å². The van der Waals surface area contributed by atoms with E-state index in [2.05, 4.69) is 37.7 Å². The number of unbranched alkanes of at least 4 members (excludes halogenated alkanes) is 1. The van der Waals surface area contributed by atoms with E-state index in [9.17, 15) is 0 Å². The Morgan fingerprint density at radius 1 is 1.38 bits per heavy atom. The highest BCUT2D eigenvalue weighted by Gasteiger charge is 2.33. The number of rotatable bonds is 6. The van der Waals surface area contributed by atoms with Crippen molar-refractivity contribution in [3.63, 3.8) is 0 Å². The van der Waals surface area contributed by atoms with E-state index in [1.165, 1.54) is 32.4 Å². The molecule has 0 amide bonds. The molecule has 0 radical (unpaired) electrons. The minimum absolute atomic E-state index is 0.604. The lowest BCUT2D eigenvalue weighted by atomic mass is 10.1. The quantitative estimate of drug-likeness (QED) is 0.744. The van der Waals surface area contributed by atoms with Gasteiger partial charge >= 0.3 is 0 Å². The van der Waals surface area contributed by atoms with Crippen molar-refractivity contribution in [3.8, 4) is 0 Å². The van der Waals surface area contributed by atoms with Gasteiger partial charge in [-0.1, -0.05) is 26.7 Å². The number of nitrogens with zero attached hydrogens (tertiary/aromatic N) is 2. The van der Waals surface area contributed by atoms with E-state index < -0.39 is 0 Å². The fourth-order valence-corrected chi connectivity index (χ4v) is 2.85. The first-order valence-electron chi connectivity index (χ1n) is 6.70. The van der Waals surface area contributed by atoms with E-state index in [-0.39, 0.29) is 0 Å². The maximum atomic E-state index is 5.91. The molecule has 96 valence electrons. The standard InChI is InChI=1S/C13H29N3/c1-5-6-7-12(8-14)16-9-11(2)13(10-16)15(3)4/h11-13H,5-10,14H2,1-4H3. The molecule has 1 heterocycles. The van der Waals surface area contributed by atoms with Gasteiger partial charge in [0.25, 0.3) is 0 Å². The molecule has 3 heteroatoms. The molecule has 0 aliphatic carbocycles. The van der Waals surface area contributed by atoms with Crippen molar-refractivity contribution in [3.05, 3.63) is 0 Å². The number of hydrogen-bond acceptors (Lipinski definition) is 3. The zero-order chi connectivity index (χ0) is 12.1. The van der Waals surface area contributed by atoms with Crippen molar-refractivity contribution in [1.29, 1.82) is 0 Å². The van der Waals surface area contributed by atoms with E-state index in [4.69, 9.17) is 5.73 Å². The molecule has 2 N–H and O–H groups in total. The van der Waals surface area contributed by atoms with E-state index in [1.807, 2.05) is 0 Å². The highest BCUT2D eigenvalue weighted by molar-refractivity contribution is 4.90. The van der Waals surface area contributed by atoms with Crippen LogP contribution in [0, 0.1) is 5.92 Å². The van der Waals surface area contributed by atoms with E-state index in [0.29, 0.717) is 12.1 Å². The summed E-state index contributed by atoms with van der Waals surface area (Å²) in [5.74, 6) is 0.769. The second-order valence-corrected chi connectivity index (χ2v) is 5.49. The predicted octanol–water partition coefficient (Wildman–Crippen LogP) is 1.39. The zero-order valence-corrected chi connectivity index (χ0v) is 11.4. The summed E-state index contributed by atoms with van der Waals surface area (Å²) in [7, 11) is 4.38. The third kappa shape index (κ3) is 3.44. The molecule has 0 aromatic rings. The summed E-state index contributed by atoms with van der Waals surface area (Å²) in [6, 6.07) is 1.31. The van der Waals surface area contributed by atoms with Gasteiger partial charge in [0.05, 0.1) is 0 Å². The molecule has 3 unspecified atom stereocenters. The smallest absolute Gasteiger partial charge is 0.0254 e. The van der Waals surface area contributed by atoms with Crippen molar-refractivity contribution in [2.24, 2.45) is 11.7 Å². The van der Waals surface area contributed by atoms with Crippen LogP contribution in [0.1, 0.15) is 33.1 Å². The lowest BCUT2D eigenvalue weighted by molar-refractivity contribution is 0.207. The Hall–Kier alpha value is -0.120. The highest BCUT2D eigenvalue weighted by atomic mass is 15.3. The summed E-state index contributed by atoms with van der Waals surface area (Å²) in [5, 5.41) is 0. The van der Waals surface area contributed by atoms with Crippen molar-refractivity contribution < 1.29 is 0 Å². The van der Waals surface area contributed by atoms with Crippen LogP contribution >= 0.6 is 0 Å².